The maximum Gasteiger partial charge on any atom is 0.249 e. The molecular formula is C26H27N3OS. The van der Waals surface area contributed by atoms with E-state index in [1.807, 2.05) is 49.4 Å². The summed E-state index contributed by atoms with van der Waals surface area (Å²) in [5, 5.41) is 8.34. The number of anilines is 1. The number of primary amides is 1. The van der Waals surface area contributed by atoms with Gasteiger partial charge in [0.15, 0.2) is 0 Å². The van der Waals surface area contributed by atoms with E-state index < -0.39 is 5.91 Å². The first kappa shape index (κ1) is 23.8. The summed E-state index contributed by atoms with van der Waals surface area (Å²) < 4.78 is 0. The summed E-state index contributed by atoms with van der Waals surface area (Å²) >= 11 is 1.40. The molecule has 0 aliphatic rings. The molecule has 31 heavy (non-hydrogen) atoms. The molecule has 0 aromatic heterocycles. The van der Waals surface area contributed by atoms with Gasteiger partial charge in [-0.1, -0.05) is 60.5 Å². The van der Waals surface area contributed by atoms with Gasteiger partial charge in [0.25, 0.3) is 0 Å². The number of benzene rings is 2. The molecule has 0 aliphatic heterocycles. The first-order valence-corrected chi connectivity index (χ1v) is 10.7. The maximum atomic E-state index is 11.6. The van der Waals surface area contributed by atoms with Gasteiger partial charge in [0.2, 0.25) is 5.91 Å². The SMILES string of the molecule is C\C=C/C(C#CC(=N)c1ccc(Sc2ccccc2C(N)=O)cc1N)=C\C=C(/C)CC. The van der Waals surface area contributed by atoms with Crippen molar-refractivity contribution in [2.45, 2.75) is 37.0 Å². The Labute approximate surface area is 188 Å². The summed E-state index contributed by atoms with van der Waals surface area (Å²) in [6.07, 6.45) is 8.81. The molecule has 5 N–H and O–H groups in total. The van der Waals surface area contributed by atoms with Crippen LogP contribution in [0.4, 0.5) is 5.69 Å². The van der Waals surface area contributed by atoms with Gasteiger partial charge in [-0.3, -0.25) is 10.2 Å². The lowest BCUT2D eigenvalue weighted by Crippen LogP contribution is -2.11. The van der Waals surface area contributed by atoms with Gasteiger partial charge in [0.05, 0.1) is 5.56 Å². The zero-order valence-corrected chi connectivity index (χ0v) is 18.8. The highest BCUT2D eigenvalue weighted by molar-refractivity contribution is 7.99. The van der Waals surface area contributed by atoms with Crippen LogP contribution in [0, 0.1) is 17.3 Å². The Morgan fingerprint density at radius 1 is 1.13 bits per heavy atom. The van der Waals surface area contributed by atoms with Gasteiger partial charge in [-0.2, -0.15) is 0 Å². The molecule has 2 rings (SSSR count). The number of carbonyl (C=O) groups excluding carboxylic acids is 1. The molecule has 4 nitrogen and oxygen atoms in total. The van der Waals surface area contributed by atoms with E-state index in [1.54, 1.807) is 24.3 Å². The van der Waals surface area contributed by atoms with E-state index in [4.69, 9.17) is 16.9 Å². The number of rotatable bonds is 7. The number of amides is 1. The standard InChI is InChI=1S/C26H27N3OS/c1-4-8-19(12-11-18(3)5-2)13-16-23(27)21-15-14-20(17-24(21)28)31-25-10-7-6-9-22(25)26(29)30/h4,6-12,14-15,17,27H,5,28H2,1-3H3,(H2,29,30)/b8-4-,18-11+,19-12+,27-23?. The minimum atomic E-state index is -0.473. The Balaban J connectivity index is 2.25. The molecule has 1 amide bonds. The van der Waals surface area contributed by atoms with Gasteiger partial charge in [-0.15, -0.1) is 0 Å². The average molecular weight is 430 g/mol. The van der Waals surface area contributed by atoms with E-state index in [1.165, 1.54) is 17.3 Å². The molecule has 0 saturated heterocycles. The second-order valence-electron chi connectivity index (χ2n) is 6.83. The number of nitrogens with two attached hydrogens (primary N) is 2. The van der Waals surface area contributed by atoms with E-state index in [0.717, 1.165) is 21.8 Å². The first-order chi connectivity index (χ1) is 14.8. The van der Waals surface area contributed by atoms with E-state index in [2.05, 4.69) is 25.7 Å². The van der Waals surface area contributed by atoms with Crippen molar-refractivity contribution in [3.8, 4) is 11.8 Å². The Hall–Kier alpha value is -3.49. The first-order valence-electron chi connectivity index (χ1n) is 9.93. The Bertz CT molecular complexity index is 1130. The van der Waals surface area contributed by atoms with E-state index >= 15 is 0 Å². The van der Waals surface area contributed by atoms with Crippen molar-refractivity contribution in [3.05, 3.63) is 89.0 Å². The highest BCUT2D eigenvalue weighted by Crippen LogP contribution is 2.32. The van der Waals surface area contributed by atoms with Crippen molar-refractivity contribution in [1.29, 1.82) is 5.41 Å². The maximum absolute atomic E-state index is 11.6. The number of carbonyl (C=O) groups is 1. The molecule has 5 heteroatoms. The summed E-state index contributed by atoms with van der Waals surface area (Å²) in [5.74, 6) is 5.47. The smallest absolute Gasteiger partial charge is 0.249 e. The predicted molar refractivity (Wildman–Crippen MR) is 131 cm³/mol. The number of hydrogen-bond donors (Lipinski definition) is 3. The molecule has 0 aliphatic carbocycles. The highest BCUT2D eigenvalue weighted by Gasteiger charge is 2.10. The van der Waals surface area contributed by atoms with Crippen molar-refractivity contribution in [1.82, 2.24) is 0 Å². The van der Waals surface area contributed by atoms with Crippen molar-refractivity contribution < 1.29 is 4.79 Å². The van der Waals surface area contributed by atoms with Crippen LogP contribution in [0.25, 0.3) is 0 Å². The number of hydrogen-bond acceptors (Lipinski definition) is 4. The lowest BCUT2D eigenvalue weighted by Gasteiger charge is -2.09. The molecule has 0 bridgehead atoms. The van der Waals surface area contributed by atoms with Crippen LogP contribution in [0.1, 0.15) is 43.1 Å². The molecule has 0 saturated carbocycles. The highest BCUT2D eigenvalue weighted by atomic mass is 32.2. The van der Waals surface area contributed by atoms with E-state index in [0.29, 0.717) is 16.8 Å². The van der Waals surface area contributed by atoms with Crippen LogP contribution < -0.4 is 11.5 Å². The molecule has 0 spiro atoms. The molecule has 0 heterocycles. The zero-order chi connectivity index (χ0) is 22.8. The third kappa shape index (κ3) is 7.06. The van der Waals surface area contributed by atoms with E-state index in [9.17, 15) is 4.79 Å². The van der Waals surface area contributed by atoms with Gasteiger partial charge >= 0.3 is 0 Å². The third-order valence-corrected chi connectivity index (χ3v) is 5.52. The fourth-order valence-corrected chi connectivity index (χ4v) is 3.59. The molecule has 2 aromatic carbocycles. The van der Waals surface area contributed by atoms with Crippen LogP contribution in [0.2, 0.25) is 0 Å². The van der Waals surface area contributed by atoms with Gasteiger partial charge in [-0.25, -0.2) is 0 Å². The molecule has 158 valence electrons. The fourth-order valence-electron chi connectivity index (χ4n) is 2.59. The predicted octanol–water partition coefficient (Wildman–Crippen LogP) is 5.75. The number of nitrogen functional groups attached to an aromatic ring is 1. The lowest BCUT2D eigenvalue weighted by molar-refractivity contribution is 0.0997. The second kappa shape index (κ2) is 11.6. The summed E-state index contributed by atoms with van der Waals surface area (Å²) in [6, 6.07) is 12.6. The van der Waals surface area contributed by atoms with Gasteiger partial charge < -0.3 is 11.5 Å². The topological polar surface area (TPSA) is 93.0 Å². The van der Waals surface area contributed by atoms with Crippen LogP contribution in [-0.2, 0) is 0 Å². The third-order valence-electron chi connectivity index (χ3n) is 4.46. The Morgan fingerprint density at radius 2 is 1.87 bits per heavy atom. The van der Waals surface area contributed by atoms with Crippen LogP contribution in [0.5, 0.6) is 0 Å². The van der Waals surface area contributed by atoms with Crippen LogP contribution in [0.15, 0.2) is 87.7 Å². The van der Waals surface area contributed by atoms with Gasteiger partial charge in [-0.05, 0) is 62.6 Å². The minimum absolute atomic E-state index is 0.151. The molecule has 0 radical (unpaired) electrons. The minimum Gasteiger partial charge on any atom is -0.398 e. The van der Waals surface area contributed by atoms with Crippen LogP contribution in [0.3, 0.4) is 0 Å². The number of allylic oxidation sites excluding steroid dienone is 6. The summed E-state index contributed by atoms with van der Waals surface area (Å²) in [6.45, 7) is 6.11. The zero-order valence-electron chi connectivity index (χ0n) is 18.0. The molecular weight excluding hydrogens is 402 g/mol. The number of nitrogens with one attached hydrogen (secondary N) is 1. The van der Waals surface area contributed by atoms with Gasteiger partial charge in [0.1, 0.15) is 5.71 Å². The van der Waals surface area contributed by atoms with E-state index in [-0.39, 0.29) is 5.71 Å². The lowest BCUT2D eigenvalue weighted by atomic mass is 10.1. The summed E-state index contributed by atoms with van der Waals surface area (Å²) in [4.78, 5) is 13.2. The Morgan fingerprint density at radius 3 is 2.52 bits per heavy atom. The quantitative estimate of drug-likeness (QED) is 0.226. The van der Waals surface area contributed by atoms with Crippen molar-refractivity contribution >= 4 is 29.1 Å². The largest absolute Gasteiger partial charge is 0.398 e. The molecule has 0 atom stereocenters. The summed E-state index contributed by atoms with van der Waals surface area (Å²) in [5.41, 5.74) is 15.4. The molecule has 0 unspecified atom stereocenters. The van der Waals surface area contributed by atoms with Crippen LogP contribution in [-0.4, -0.2) is 11.6 Å². The van der Waals surface area contributed by atoms with Crippen molar-refractivity contribution in [2.75, 3.05) is 5.73 Å². The average Bonchev–Trinajstić information content (AvgIpc) is 2.75. The van der Waals surface area contributed by atoms with Crippen LogP contribution >= 0.6 is 11.8 Å². The fraction of sp³-hybridized carbons (Fsp3) is 0.154. The van der Waals surface area contributed by atoms with Crippen molar-refractivity contribution in [3.63, 3.8) is 0 Å². The summed E-state index contributed by atoms with van der Waals surface area (Å²) in [7, 11) is 0. The normalized spacial score (nSPS) is 11.8. The van der Waals surface area contributed by atoms with Gasteiger partial charge in [0, 0.05) is 26.6 Å². The monoisotopic (exact) mass is 429 g/mol. The van der Waals surface area contributed by atoms with Crippen molar-refractivity contribution in [2.24, 2.45) is 5.73 Å². The Kier molecular flexibility index (Phi) is 8.93. The molecule has 0 fully saturated rings. The second-order valence-corrected chi connectivity index (χ2v) is 7.94. The molecule has 2 aromatic rings.